The normalized spacial score (nSPS) is 29.8. The first-order valence-corrected chi connectivity index (χ1v) is 7.41. The van der Waals surface area contributed by atoms with Crippen LogP contribution >= 0.6 is 0 Å². The molecule has 1 atom stereocenters. The van der Waals surface area contributed by atoms with Gasteiger partial charge in [-0.25, -0.2) is 0 Å². The third kappa shape index (κ3) is 3.94. The van der Waals surface area contributed by atoms with Crippen molar-refractivity contribution in [1.29, 1.82) is 0 Å². The van der Waals surface area contributed by atoms with E-state index in [0.717, 1.165) is 19.7 Å². The lowest BCUT2D eigenvalue weighted by Crippen LogP contribution is -2.53. The Morgan fingerprint density at radius 3 is 2.35 bits per heavy atom. The summed E-state index contributed by atoms with van der Waals surface area (Å²) in [7, 11) is 0. The van der Waals surface area contributed by atoms with E-state index < -0.39 is 0 Å². The van der Waals surface area contributed by atoms with Crippen LogP contribution in [0.15, 0.2) is 0 Å². The molecule has 0 spiro atoms. The van der Waals surface area contributed by atoms with Gasteiger partial charge in [0, 0.05) is 25.2 Å². The van der Waals surface area contributed by atoms with Crippen molar-refractivity contribution in [1.82, 2.24) is 5.32 Å². The van der Waals surface area contributed by atoms with Crippen molar-refractivity contribution in [3.05, 3.63) is 0 Å². The van der Waals surface area contributed by atoms with Crippen LogP contribution in [0, 0.1) is 0 Å². The second-order valence-corrected chi connectivity index (χ2v) is 5.77. The number of nitrogens with two attached hydrogens (primary N) is 1. The molecule has 0 radical (unpaired) electrons. The van der Waals surface area contributed by atoms with E-state index in [4.69, 9.17) is 10.5 Å². The molecular formula is C14H28N2O. The van der Waals surface area contributed by atoms with E-state index >= 15 is 0 Å². The molecule has 17 heavy (non-hydrogen) atoms. The molecule has 1 aliphatic carbocycles. The van der Waals surface area contributed by atoms with Gasteiger partial charge in [0.05, 0.1) is 6.10 Å². The summed E-state index contributed by atoms with van der Waals surface area (Å²) >= 11 is 0. The fraction of sp³-hybridized carbons (Fsp3) is 1.00. The molecule has 2 aliphatic rings. The van der Waals surface area contributed by atoms with E-state index in [-0.39, 0.29) is 5.54 Å². The van der Waals surface area contributed by atoms with Crippen LogP contribution < -0.4 is 11.1 Å². The molecule has 2 rings (SSSR count). The van der Waals surface area contributed by atoms with Crippen molar-refractivity contribution in [2.75, 3.05) is 19.7 Å². The summed E-state index contributed by atoms with van der Waals surface area (Å²) in [6.45, 7) is 2.72. The third-order valence-electron chi connectivity index (χ3n) is 4.43. The fourth-order valence-electron chi connectivity index (χ4n) is 3.17. The lowest BCUT2D eigenvalue weighted by molar-refractivity contribution is 0.0972. The molecule has 0 aromatic carbocycles. The molecule has 0 aromatic heterocycles. The van der Waals surface area contributed by atoms with E-state index in [1.165, 1.54) is 57.8 Å². The van der Waals surface area contributed by atoms with Gasteiger partial charge in [0.1, 0.15) is 0 Å². The van der Waals surface area contributed by atoms with Gasteiger partial charge < -0.3 is 15.8 Å². The summed E-state index contributed by atoms with van der Waals surface area (Å²) in [4.78, 5) is 0. The lowest BCUT2D eigenvalue weighted by atomic mass is 9.83. The first-order chi connectivity index (χ1) is 8.35. The molecule has 1 saturated carbocycles. The number of hydrogen-bond acceptors (Lipinski definition) is 3. The Bertz CT molecular complexity index is 206. The summed E-state index contributed by atoms with van der Waals surface area (Å²) in [6.07, 6.45) is 12.2. The highest BCUT2D eigenvalue weighted by Gasteiger charge is 2.29. The molecule has 3 nitrogen and oxygen atoms in total. The summed E-state index contributed by atoms with van der Waals surface area (Å²) in [6, 6.07) is 0. The Balaban J connectivity index is 1.82. The first kappa shape index (κ1) is 13.3. The van der Waals surface area contributed by atoms with Crippen LogP contribution in [0.4, 0.5) is 0 Å². The highest BCUT2D eigenvalue weighted by Crippen LogP contribution is 2.26. The van der Waals surface area contributed by atoms with Gasteiger partial charge in [0.25, 0.3) is 0 Å². The number of rotatable bonds is 4. The highest BCUT2D eigenvalue weighted by molar-refractivity contribution is 4.91. The van der Waals surface area contributed by atoms with Crippen LogP contribution in [-0.2, 0) is 4.74 Å². The van der Waals surface area contributed by atoms with Crippen LogP contribution in [-0.4, -0.2) is 31.3 Å². The Kier molecular flexibility index (Phi) is 5.26. The minimum absolute atomic E-state index is 0.201. The minimum Gasteiger partial charge on any atom is -0.377 e. The fourth-order valence-corrected chi connectivity index (χ4v) is 3.17. The standard InChI is InChI=1S/C14H28N2O/c15-12-14(8-4-2-1-3-5-9-14)16-11-13-7-6-10-17-13/h13,16H,1-12,15H2. The zero-order valence-corrected chi connectivity index (χ0v) is 11.0. The van der Waals surface area contributed by atoms with Gasteiger partial charge in [-0.15, -0.1) is 0 Å². The Morgan fingerprint density at radius 2 is 1.76 bits per heavy atom. The zero-order chi connectivity index (χ0) is 12.0. The van der Waals surface area contributed by atoms with Crippen molar-refractivity contribution >= 4 is 0 Å². The van der Waals surface area contributed by atoms with Gasteiger partial charge in [-0.1, -0.05) is 32.1 Å². The molecule has 0 bridgehead atoms. The average molecular weight is 240 g/mol. The maximum atomic E-state index is 6.04. The summed E-state index contributed by atoms with van der Waals surface area (Å²) in [5.74, 6) is 0. The van der Waals surface area contributed by atoms with E-state index in [1.54, 1.807) is 0 Å². The van der Waals surface area contributed by atoms with Gasteiger partial charge in [0.15, 0.2) is 0 Å². The molecule has 1 heterocycles. The largest absolute Gasteiger partial charge is 0.377 e. The Morgan fingerprint density at radius 1 is 1.06 bits per heavy atom. The Hall–Kier alpha value is -0.120. The predicted octanol–water partition coefficient (Wildman–Crippen LogP) is 2.20. The molecule has 1 aliphatic heterocycles. The molecule has 1 unspecified atom stereocenters. The minimum atomic E-state index is 0.201. The number of hydrogen-bond donors (Lipinski definition) is 2. The van der Waals surface area contributed by atoms with Crippen LogP contribution in [0.5, 0.6) is 0 Å². The van der Waals surface area contributed by atoms with Crippen LogP contribution in [0.2, 0.25) is 0 Å². The van der Waals surface area contributed by atoms with E-state index in [0.29, 0.717) is 6.10 Å². The average Bonchev–Trinajstić information content (AvgIpc) is 2.82. The maximum Gasteiger partial charge on any atom is 0.0700 e. The van der Waals surface area contributed by atoms with E-state index in [9.17, 15) is 0 Å². The Labute approximate surface area is 105 Å². The van der Waals surface area contributed by atoms with Crippen molar-refractivity contribution < 1.29 is 4.74 Å². The molecule has 0 amide bonds. The smallest absolute Gasteiger partial charge is 0.0700 e. The van der Waals surface area contributed by atoms with Crippen molar-refractivity contribution in [2.45, 2.75) is 69.4 Å². The van der Waals surface area contributed by atoms with Gasteiger partial charge >= 0.3 is 0 Å². The molecule has 1 saturated heterocycles. The maximum absolute atomic E-state index is 6.04. The molecular weight excluding hydrogens is 212 g/mol. The first-order valence-electron chi connectivity index (χ1n) is 7.41. The summed E-state index contributed by atoms with van der Waals surface area (Å²) < 4.78 is 5.69. The summed E-state index contributed by atoms with van der Waals surface area (Å²) in [5, 5.41) is 3.74. The molecule has 3 N–H and O–H groups in total. The van der Waals surface area contributed by atoms with Gasteiger partial charge in [-0.3, -0.25) is 0 Å². The van der Waals surface area contributed by atoms with Gasteiger partial charge in [-0.05, 0) is 25.7 Å². The predicted molar refractivity (Wildman–Crippen MR) is 71.1 cm³/mol. The molecule has 100 valence electrons. The quantitative estimate of drug-likeness (QED) is 0.792. The second kappa shape index (κ2) is 6.72. The number of ether oxygens (including phenoxy) is 1. The van der Waals surface area contributed by atoms with Crippen LogP contribution in [0.25, 0.3) is 0 Å². The van der Waals surface area contributed by atoms with E-state index in [1.807, 2.05) is 0 Å². The van der Waals surface area contributed by atoms with Crippen LogP contribution in [0.3, 0.4) is 0 Å². The SMILES string of the molecule is NCC1(NCC2CCCO2)CCCCCCC1. The van der Waals surface area contributed by atoms with Crippen molar-refractivity contribution in [2.24, 2.45) is 5.73 Å². The molecule has 2 fully saturated rings. The van der Waals surface area contributed by atoms with Gasteiger partial charge in [-0.2, -0.15) is 0 Å². The zero-order valence-electron chi connectivity index (χ0n) is 11.0. The monoisotopic (exact) mass is 240 g/mol. The lowest BCUT2D eigenvalue weighted by Gasteiger charge is -2.36. The second-order valence-electron chi connectivity index (χ2n) is 5.77. The highest BCUT2D eigenvalue weighted by atomic mass is 16.5. The van der Waals surface area contributed by atoms with Crippen molar-refractivity contribution in [3.63, 3.8) is 0 Å². The molecule has 0 aromatic rings. The van der Waals surface area contributed by atoms with Crippen molar-refractivity contribution in [3.8, 4) is 0 Å². The topological polar surface area (TPSA) is 47.3 Å². The third-order valence-corrected chi connectivity index (χ3v) is 4.43. The van der Waals surface area contributed by atoms with Gasteiger partial charge in [0.2, 0.25) is 0 Å². The van der Waals surface area contributed by atoms with E-state index in [2.05, 4.69) is 5.32 Å². The summed E-state index contributed by atoms with van der Waals surface area (Å²) in [5.41, 5.74) is 6.24. The number of nitrogens with one attached hydrogen (secondary N) is 1. The molecule has 3 heteroatoms. The van der Waals surface area contributed by atoms with Crippen LogP contribution in [0.1, 0.15) is 57.8 Å².